The first-order chi connectivity index (χ1) is 12.6. The molecule has 5 nitrogen and oxygen atoms in total. The van der Waals surface area contributed by atoms with E-state index in [1.165, 1.54) is 6.07 Å². The molecule has 2 rings (SSSR count). The topological polar surface area (TPSA) is 48.9 Å². The Hall–Kier alpha value is -1.00. The molecular weight excluding hydrogens is 465 g/mol. The molecule has 0 spiro atoms. The summed E-state index contributed by atoms with van der Waals surface area (Å²) in [6.45, 7) is 6.75. The summed E-state index contributed by atoms with van der Waals surface area (Å²) in [5.41, 5.74) is 0.259. The minimum Gasteiger partial charge on any atom is -0.385 e. The molecular formula is C19H31F2IN4O. The van der Waals surface area contributed by atoms with Gasteiger partial charge in [0.25, 0.3) is 0 Å². The molecule has 1 saturated heterocycles. The van der Waals surface area contributed by atoms with Crippen molar-refractivity contribution in [3.05, 3.63) is 35.4 Å². The zero-order valence-electron chi connectivity index (χ0n) is 16.1. The number of hydrogen-bond acceptors (Lipinski definition) is 3. The monoisotopic (exact) mass is 496 g/mol. The first-order valence-corrected chi connectivity index (χ1v) is 9.32. The number of ether oxygens (including phenoxy) is 1. The van der Waals surface area contributed by atoms with E-state index >= 15 is 0 Å². The number of hydrogen-bond donors (Lipinski definition) is 2. The number of rotatable bonds is 8. The third kappa shape index (κ3) is 8.69. The number of piperidine rings is 1. The van der Waals surface area contributed by atoms with Crippen LogP contribution in [0.4, 0.5) is 8.78 Å². The summed E-state index contributed by atoms with van der Waals surface area (Å²) in [6, 6.07) is 3.79. The number of halogens is 3. The molecule has 0 bridgehead atoms. The van der Waals surface area contributed by atoms with E-state index in [0.717, 1.165) is 57.6 Å². The van der Waals surface area contributed by atoms with Gasteiger partial charge in [0.1, 0.15) is 11.6 Å². The number of nitrogens with zero attached hydrogens (tertiary/aromatic N) is 2. The number of aliphatic imine (C=N–C) groups is 1. The lowest BCUT2D eigenvalue weighted by atomic mass is 10.1. The van der Waals surface area contributed by atoms with Crippen LogP contribution in [0.3, 0.4) is 0 Å². The van der Waals surface area contributed by atoms with Crippen molar-refractivity contribution in [3.8, 4) is 0 Å². The van der Waals surface area contributed by atoms with Gasteiger partial charge >= 0.3 is 0 Å². The maximum absolute atomic E-state index is 13.7. The lowest BCUT2D eigenvalue weighted by molar-refractivity contribution is 0.155. The van der Waals surface area contributed by atoms with E-state index < -0.39 is 11.6 Å². The molecule has 0 radical (unpaired) electrons. The van der Waals surface area contributed by atoms with E-state index in [-0.39, 0.29) is 36.1 Å². The van der Waals surface area contributed by atoms with Crippen LogP contribution in [0.5, 0.6) is 0 Å². The second-order valence-electron chi connectivity index (χ2n) is 6.54. The molecule has 8 heteroatoms. The third-order valence-corrected chi connectivity index (χ3v) is 4.51. The minimum absolute atomic E-state index is 0. The van der Waals surface area contributed by atoms with Gasteiger partial charge < -0.3 is 20.3 Å². The van der Waals surface area contributed by atoms with Gasteiger partial charge in [0.15, 0.2) is 5.96 Å². The van der Waals surface area contributed by atoms with Gasteiger partial charge in [0.2, 0.25) is 0 Å². The molecule has 0 atom stereocenters. The Labute approximate surface area is 178 Å². The Balaban J connectivity index is 0.00000364. The van der Waals surface area contributed by atoms with E-state index in [9.17, 15) is 8.78 Å². The zero-order valence-corrected chi connectivity index (χ0v) is 18.5. The van der Waals surface area contributed by atoms with Gasteiger partial charge in [0, 0.05) is 51.5 Å². The minimum atomic E-state index is -0.449. The number of benzene rings is 1. The number of likely N-dealkylation sites (tertiary alicyclic amines) is 1. The van der Waals surface area contributed by atoms with Crippen LogP contribution in [0.15, 0.2) is 23.2 Å². The zero-order chi connectivity index (χ0) is 18.8. The second kappa shape index (κ2) is 13.2. The van der Waals surface area contributed by atoms with Crippen molar-refractivity contribution in [2.45, 2.75) is 38.8 Å². The van der Waals surface area contributed by atoms with Crippen molar-refractivity contribution >= 4 is 29.9 Å². The molecule has 1 heterocycles. The van der Waals surface area contributed by atoms with Crippen LogP contribution in [-0.4, -0.2) is 56.8 Å². The summed E-state index contributed by atoms with van der Waals surface area (Å²) in [5, 5.41) is 6.60. The molecule has 1 fully saturated rings. The Morgan fingerprint density at radius 1 is 1.30 bits per heavy atom. The fraction of sp³-hybridized carbons (Fsp3) is 0.632. The molecule has 0 amide bonds. The van der Waals surface area contributed by atoms with Crippen LogP contribution in [-0.2, 0) is 11.3 Å². The summed E-state index contributed by atoms with van der Waals surface area (Å²) in [5.74, 6) is -0.236. The maximum atomic E-state index is 13.7. The van der Waals surface area contributed by atoms with Crippen LogP contribution in [0.25, 0.3) is 0 Å². The second-order valence-corrected chi connectivity index (χ2v) is 6.54. The third-order valence-electron chi connectivity index (χ3n) is 4.51. The van der Waals surface area contributed by atoms with Crippen molar-refractivity contribution in [3.63, 3.8) is 0 Å². The lowest BCUT2D eigenvalue weighted by Gasteiger charge is -2.33. The molecule has 0 unspecified atom stereocenters. The molecule has 2 N–H and O–H groups in total. The van der Waals surface area contributed by atoms with Crippen molar-refractivity contribution < 1.29 is 13.5 Å². The van der Waals surface area contributed by atoms with Gasteiger partial charge in [-0.05, 0) is 44.4 Å². The molecule has 0 aliphatic carbocycles. The fourth-order valence-electron chi connectivity index (χ4n) is 3.08. The van der Waals surface area contributed by atoms with Crippen molar-refractivity contribution in [1.29, 1.82) is 0 Å². The van der Waals surface area contributed by atoms with Gasteiger partial charge in [-0.25, -0.2) is 13.8 Å². The fourth-order valence-corrected chi connectivity index (χ4v) is 3.08. The Morgan fingerprint density at radius 3 is 2.70 bits per heavy atom. The van der Waals surface area contributed by atoms with Crippen LogP contribution in [0.2, 0.25) is 0 Å². The van der Waals surface area contributed by atoms with Crippen molar-refractivity contribution in [1.82, 2.24) is 15.5 Å². The highest BCUT2D eigenvalue weighted by molar-refractivity contribution is 14.0. The maximum Gasteiger partial charge on any atom is 0.191 e. The van der Waals surface area contributed by atoms with Crippen LogP contribution in [0.1, 0.15) is 31.7 Å². The van der Waals surface area contributed by atoms with Gasteiger partial charge in [-0.2, -0.15) is 0 Å². The number of guanidine groups is 1. The summed E-state index contributed by atoms with van der Waals surface area (Å²) >= 11 is 0. The molecule has 27 heavy (non-hydrogen) atoms. The summed E-state index contributed by atoms with van der Waals surface area (Å²) < 4.78 is 32.1. The lowest BCUT2D eigenvalue weighted by Crippen LogP contribution is -2.48. The highest BCUT2D eigenvalue weighted by Gasteiger charge is 2.19. The van der Waals surface area contributed by atoms with Crippen LogP contribution >= 0.6 is 24.0 Å². The first-order valence-electron chi connectivity index (χ1n) is 9.32. The van der Waals surface area contributed by atoms with Crippen LogP contribution in [0, 0.1) is 11.6 Å². The Kier molecular flexibility index (Phi) is 11.8. The van der Waals surface area contributed by atoms with E-state index in [4.69, 9.17) is 4.74 Å². The van der Waals surface area contributed by atoms with E-state index in [1.54, 1.807) is 7.11 Å². The molecule has 0 aromatic heterocycles. The molecule has 0 saturated carbocycles. The first kappa shape index (κ1) is 24.0. The highest BCUT2D eigenvalue weighted by Crippen LogP contribution is 2.12. The van der Waals surface area contributed by atoms with E-state index in [0.29, 0.717) is 18.5 Å². The predicted molar refractivity (Wildman–Crippen MR) is 116 cm³/mol. The molecule has 1 aromatic carbocycles. The van der Waals surface area contributed by atoms with Gasteiger partial charge in [0.05, 0.1) is 6.54 Å². The van der Waals surface area contributed by atoms with Gasteiger partial charge in [-0.1, -0.05) is 0 Å². The highest BCUT2D eigenvalue weighted by atomic mass is 127. The molecule has 1 aliphatic rings. The Morgan fingerprint density at radius 2 is 2.04 bits per heavy atom. The van der Waals surface area contributed by atoms with Crippen LogP contribution < -0.4 is 10.6 Å². The van der Waals surface area contributed by atoms with Gasteiger partial charge in [-0.3, -0.25) is 0 Å². The normalized spacial score (nSPS) is 16.1. The van der Waals surface area contributed by atoms with Crippen molar-refractivity contribution in [2.24, 2.45) is 4.99 Å². The smallest absolute Gasteiger partial charge is 0.191 e. The van der Waals surface area contributed by atoms with Crippen molar-refractivity contribution in [2.75, 3.05) is 39.9 Å². The molecule has 1 aliphatic heterocycles. The average molecular weight is 496 g/mol. The Bertz CT molecular complexity index is 581. The quantitative estimate of drug-likeness (QED) is 0.252. The number of methoxy groups -OCH3 is 1. The van der Waals surface area contributed by atoms with E-state index in [2.05, 4.69) is 20.5 Å². The average Bonchev–Trinajstić information content (AvgIpc) is 2.64. The number of nitrogens with one attached hydrogen (secondary N) is 2. The predicted octanol–water partition coefficient (Wildman–Crippen LogP) is 3.14. The molecule has 1 aromatic rings. The standard InChI is InChI=1S/C19H30F2N4O.HI/c1-3-22-19(23-14-15-13-16(20)5-6-18(15)21)24-17-7-10-25(11-8-17)9-4-12-26-2;/h5-6,13,17H,3-4,7-12,14H2,1-2H3,(H2,22,23,24);1H. The SMILES string of the molecule is CCNC(=NCc1cc(F)ccc1F)NC1CCN(CCCOC)CC1.I. The summed E-state index contributed by atoms with van der Waals surface area (Å²) in [6.07, 6.45) is 3.12. The van der Waals surface area contributed by atoms with E-state index in [1.807, 2.05) is 6.92 Å². The molecule has 154 valence electrons. The summed E-state index contributed by atoms with van der Waals surface area (Å²) in [4.78, 5) is 6.86. The largest absolute Gasteiger partial charge is 0.385 e. The summed E-state index contributed by atoms with van der Waals surface area (Å²) in [7, 11) is 1.73. The van der Waals surface area contributed by atoms with Gasteiger partial charge in [-0.15, -0.1) is 24.0 Å².